The van der Waals surface area contributed by atoms with Crippen molar-refractivity contribution < 1.29 is 18.8 Å². The fraction of sp³-hybridized carbons (Fsp3) is 0.526. The molecule has 1 amide bonds. The number of hydrogen-bond donors (Lipinski definition) is 1. The SMILES string of the molecule is CCCCc1noc(C)c1COc1ccc(C(=O)N[C@@H]2CCOC2)cn1. The number of nitrogens with zero attached hydrogens (tertiary/aromatic N) is 2. The molecule has 1 N–H and O–H groups in total. The van der Waals surface area contributed by atoms with Gasteiger partial charge in [0.2, 0.25) is 5.88 Å². The Labute approximate surface area is 153 Å². The molecular formula is C19H25N3O4. The normalized spacial score (nSPS) is 16.6. The molecule has 3 heterocycles. The fourth-order valence-electron chi connectivity index (χ4n) is 2.83. The lowest BCUT2D eigenvalue weighted by Crippen LogP contribution is -2.35. The Bertz CT molecular complexity index is 721. The molecule has 1 aliphatic heterocycles. The van der Waals surface area contributed by atoms with Gasteiger partial charge < -0.3 is 19.3 Å². The fourth-order valence-corrected chi connectivity index (χ4v) is 2.83. The van der Waals surface area contributed by atoms with Crippen molar-refractivity contribution in [1.82, 2.24) is 15.5 Å². The summed E-state index contributed by atoms with van der Waals surface area (Å²) in [5, 5.41) is 7.05. The summed E-state index contributed by atoms with van der Waals surface area (Å²) < 4.78 is 16.3. The van der Waals surface area contributed by atoms with E-state index in [1.54, 1.807) is 12.1 Å². The van der Waals surface area contributed by atoms with Crippen molar-refractivity contribution in [3.8, 4) is 5.88 Å². The molecule has 0 unspecified atom stereocenters. The zero-order valence-corrected chi connectivity index (χ0v) is 15.3. The second kappa shape index (κ2) is 8.80. The van der Waals surface area contributed by atoms with Gasteiger partial charge in [-0.3, -0.25) is 4.79 Å². The molecule has 1 atom stereocenters. The Morgan fingerprint density at radius 1 is 1.42 bits per heavy atom. The lowest BCUT2D eigenvalue weighted by Gasteiger charge is -2.11. The molecule has 0 radical (unpaired) electrons. The van der Waals surface area contributed by atoms with Gasteiger partial charge in [0.15, 0.2) is 0 Å². The van der Waals surface area contributed by atoms with Crippen LogP contribution >= 0.6 is 0 Å². The van der Waals surface area contributed by atoms with Crippen molar-refractivity contribution in [2.45, 2.75) is 52.2 Å². The summed E-state index contributed by atoms with van der Waals surface area (Å²) >= 11 is 0. The van der Waals surface area contributed by atoms with Crippen molar-refractivity contribution in [1.29, 1.82) is 0 Å². The Kier molecular flexibility index (Phi) is 6.22. The smallest absolute Gasteiger partial charge is 0.253 e. The summed E-state index contributed by atoms with van der Waals surface area (Å²) in [6.45, 7) is 5.64. The summed E-state index contributed by atoms with van der Waals surface area (Å²) in [5.74, 6) is 1.09. The van der Waals surface area contributed by atoms with E-state index >= 15 is 0 Å². The number of hydrogen-bond acceptors (Lipinski definition) is 6. The van der Waals surface area contributed by atoms with Crippen LogP contribution in [0.2, 0.25) is 0 Å². The molecule has 1 aliphatic rings. The van der Waals surface area contributed by atoms with Crippen LogP contribution in [0, 0.1) is 6.92 Å². The first-order valence-electron chi connectivity index (χ1n) is 9.09. The molecule has 2 aromatic heterocycles. The third-order valence-corrected chi connectivity index (χ3v) is 4.46. The number of carbonyl (C=O) groups excluding carboxylic acids is 1. The highest BCUT2D eigenvalue weighted by atomic mass is 16.5. The molecule has 26 heavy (non-hydrogen) atoms. The first kappa shape index (κ1) is 18.4. The van der Waals surface area contributed by atoms with E-state index in [2.05, 4.69) is 22.4 Å². The molecule has 0 bridgehead atoms. The van der Waals surface area contributed by atoms with Gasteiger partial charge in [-0.15, -0.1) is 0 Å². The van der Waals surface area contributed by atoms with E-state index in [-0.39, 0.29) is 11.9 Å². The quantitative estimate of drug-likeness (QED) is 0.780. The van der Waals surface area contributed by atoms with Crippen LogP contribution in [0.5, 0.6) is 5.88 Å². The van der Waals surface area contributed by atoms with Crippen LogP contribution in [0.1, 0.15) is 53.6 Å². The number of unbranched alkanes of at least 4 members (excludes halogenated alkanes) is 1. The van der Waals surface area contributed by atoms with Crippen LogP contribution in [-0.4, -0.2) is 35.3 Å². The van der Waals surface area contributed by atoms with Crippen LogP contribution < -0.4 is 10.1 Å². The summed E-state index contributed by atoms with van der Waals surface area (Å²) in [6.07, 6.45) is 5.42. The van der Waals surface area contributed by atoms with Crippen molar-refractivity contribution in [3.63, 3.8) is 0 Å². The maximum absolute atomic E-state index is 12.2. The third-order valence-electron chi connectivity index (χ3n) is 4.46. The highest BCUT2D eigenvalue weighted by Gasteiger charge is 2.19. The number of rotatable bonds is 8. The van der Waals surface area contributed by atoms with E-state index in [1.807, 2.05) is 6.92 Å². The van der Waals surface area contributed by atoms with E-state index in [9.17, 15) is 4.79 Å². The summed E-state index contributed by atoms with van der Waals surface area (Å²) in [4.78, 5) is 16.4. The molecule has 0 aliphatic carbocycles. The molecule has 2 aromatic rings. The number of carbonyl (C=O) groups is 1. The second-order valence-electron chi connectivity index (χ2n) is 6.48. The van der Waals surface area contributed by atoms with Crippen LogP contribution in [-0.2, 0) is 17.8 Å². The maximum atomic E-state index is 12.2. The molecule has 1 fully saturated rings. The Hall–Kier alpha value is -2.41. The summed E-state index contributed by atoms with van der Waals surface area (Å²) in [7, 11) is 0. The molecule has 1 saturated heterocycles. The van der Waals surface area contributed by atoms with Gasteiger partial charge in [0.05, 0.1) is 29.5 Å². The molecule has 0 aromatic carbocycles. The van der Waals surface area contributed by atoms with Crippen LogP contribution in [0.25, 0.3) is 0 Å². The van der Waals surface area contributed by atoms with Gasteiger partial charge in [-0.1, -0.05) is 18.5 Å². The predicted molar refractivity (Wildman–Crippen MR) is 95.1 cm³/mol. The maximum Gasteiger partial charge on any atom is 0.253 e. The Morgan fingerprint density at radius 2 is 2.31 bits per heavy atom. The van der Waals surface area contributed by atoms with Gasteiger partial charge in [-0.05, 0) is 32.3 Å². The highest BCUT2D eigenvalue weighted by Crippen LogP contribution is 2.18. The zero-order valence-electron chi connectivity index (χ0n) is 15.3. The number of amides is 1. The molecule has 0 spiro atoms. The molecule has 7 nitrogen and oxygen atoms in total. The molecular weight excluding hydrogens is 334 g/mol. The number of ether oxygens (including phenoxy) is 2. The van der Waals surface area contributed by atoms with Crippen LogP contribution in [0.15, 0.2) is 22.9 Å². The number of aryl methyl sites for hydroxylation is 2. The van der Waals surface area contributed by atoms with Gasteiger partial charge in [-0.25, -0.2) is 4.98 Å². The van der Waals surface area contributed by atoms with E-state index in [1.165, 1.54) is 6.20 Å². The van der Waals surface area contributed by atoms with E-state index < -0.39 is 0 Å². The van der Waals surface area contributed by atoms with Gasteiger partial charge in [0, 0.05) is 18.9 Å². The monoisotopic (exact) mass is 359 g/mol. The van der Waals surface area contributed by atoms with Crippen LogP contribution in [0.4, 0.5) is 0 Å². The van der Waals surface area contributed by atoms with E-state index in [4.69, 9.17) is 14.0 Å². The first-order valence-corrected chi connectivity index (χ1v) is 9.09. The summed E-state index contributed by atoms with van der Waals surface area (Å²) in [6, 6.07) is 3.50. The summed E-state index contributed by atoms with van der Waals surface area (Å²) in [5.41, 5.74) is 2.43. The standard InChI is InChI=1S/C19H25N3O4/c1-3-4-5-17-16(13(2)26-22-17)12-25-18-7-6-14(10-20-18)19(23)21-15-8-9-24-11-15/h6-7,10,15H,3-5,8-9,11-12H2,1-2H3,(H,21,23)/t15-/m1/s1. The molecule has 3 rings (SSSR count). The third kappa shape index (κ3) is 4.60. The average molecular weight is 359 g/mol. The minimum absolute atomic E-state index is 0.0801. The van der Waals surface area contributed by atoms with Crippen molar-refractivity contribution in [2.75, 3.05) is 13.2 Å². The van der Waals surface area contributed by atoms with Gasteiger partial charge in [-0.2, -0.15) is 0 Å². The predicted octanol–water partition coefficient (Wildman–Crippen LogP) is 2.82. The van der Waals surface area contributed by atoms with Crippen LogP contribution in [0.3, 0.4) is 0 Å². The second-order valence-corrected chi connectivity index (χ2v) is 6.48. The average Bonchev–Trinajstić information content (AvgIpc) is 3.28. The number of aromatic nitrogens is 2. The minimum atomic E-state index is -0.142. The van der Waals surface area contributed by atoms with Gasteiger partial charge in [0.1, 0.15) is 12.4 Å². The highest BCUT2D eigenvalue weighted by molar-refractivity contribution is 5.94. The molecule has 0 saturated carbocycles. The van der Waals surface area contributed by atoms with Crippen molar-refractivity contribution in [2.24, 2.45) is 0 Å². The molecule has 140 valence electrons. The van der Waals surface area contributed by atoms with Crippen molar-refractivity contribution >= 4 is 5.91 Å². The Morgan fingerprint density at radius 3 is 3.00 bits per heavy atom. The van der Waals surface area contributed by atoms with E-state index in [0.717, 1.165) is 42.7 Å². The minimum Gasteiger partial charge on any atom is -0.473 e. The van der Waals surface area contributed by atoms with Gasteiger partial charge in [0.25, 0.3) is 5.91 Å². The number of pyridine rings is 1. The van der Waals surface area contributed by atoms with Gasteiger partial charge >= 0.3 is 0 Å². The first-order chi connectivity index (χ1) is 12.7. The van der Waals surface area contributed by atoms with Crippen molar-refractivity contribution in [3.05, 3.63) is 40.9 Å². The molecule has 7 heteroatoms. The lowest BCUT2D eigenvalue weighted by atomic mass is 10.1. The Balaban J connectivity index is 1.56. The van der Waals surface area contributed by atoms with E-state index in [0.29, 0.717) is 31.3 Å². The zero-order chi connectivity index (χ0) is 18.4. The topological polar surface area (TPSA) is 86.5 Å². The number of nitrogens with one attached hydrogen (secondary N) is 1. The largest absolute Gasteiger partial charge is 0.473 e. The lowest BCUT2D eigenvalue weighted by molar-refractivity contribution is 0.0929.